The monoisotopic (exact) mass is 467 g/mol. The predicted molar refractivity (Wildman–Crippen MR) is 132 cm³/mol. The Balaban J connectivity index is 1.16. The maximum absolute atomic E-state index is 13.5. The zero-order valence-electron chi connectivity index (χ0n) is 18.9. The Morgan fingerprint density at radius 1 is 1.12 bits per heavy atom. The molecule has 3 aromatic rings. The summed E-state index contributed by atoms with van der Waals surface area (Å²) >= 11 is 1.71. The molecule has 8 heteroatoms. The SMILES string of the molecule is CC1CC(NC2COC2)CCN1c1ccc2nc(-c3ccc(N4CC[C@@H](F)C4)nc3)sc2c1. The first kappa shape index (κ1) is 21.3. The van der Waals surface area contributed by atoms with Crippen LogP contribution in [0.2, 0.25) is 0 Å². The van der Waals surface area contributed by atoms with E-state index in [9.17, 15) is 4.39 Å². The van der Waals surface area contributed by atoms with Gasteiger partial charge in [0.1, 0.15) is 17.0 Å². The van der Waals surface area contributed by atoms with Gasteiger partial charge in [0, 0.05) is 42.6 Å². The topological polar surface area (TPSA) is 53.5 Å². The molecule has 0 saturated carbocycles. The van der Waals surface area contributed by atoms with E-state index in [2.05, 4.69) is 46.4 Å². The number of benzene rings is 1. The number of nitrogens with zero attached hydrogens (tertiary/aromatic N) is 4. The van der Waals surface area contributed by atoms with E-state index in [0.717, 1.165) is 61.1 Å². The number of pyridine rings is 1. The molecule has 174 valence electrons. The maximum atomic E-state index is 13.5. The summed E-state index contributed by atoms with van der Waals surface area (Å²) in [6, 6.07) is 12.3. The quantitative estimate of drug-likeness (QED) is 0.605. The van der Waals surface area contributed by atoms with Crippen LogP contribution in [0.1, 0.15) is 26.2 Å². The van der Waals surface area contributed by atoms with Crippen molar-refractivity contribution in [3.05, 3.63) is 36.5 Å². The van der Waals surface area contributed by atoms with E-state index < -0.39 is 6.17 Å². The summed E-state index contributed by atoms with van der Waals surface area (Å²) in [6.45, 7) is 6.27. The highest BCUT2D eigenvalue weighted by Gasteiger charge is 2.29. The van der Waals surface area contributed by atoms with Crippen LogP contribution in [-0.2, 0) is 4.74 Å². The van der Waals surface area contributed by atoms with Gasteiger partial charge in [0.05, 0.1) is 36.0 Å². The Bertz CT molecular complexity index is 1120. The van der Waals surface area contributed by atoms with Crippen LogP contribution >= 0.6 is 11.3 Å². The third-order valence-corrected chi connectivity index (χ3v) is 8.21. The van der Waals surface area contributed by atoms with E-state index in [4.69, 9.17) is 9.72 Å². The Morgan fingerprint density at radius 2 is 2.03 bits per heavy atom. The maximum Gasteiger partial charge on any atom is 0.128 e. The van der Waals surface area contributed by atoms with Crippen molar-refractivity contribution in [2.45, 2.75) is 50.5 Å². The molecule has 6 rings (SSSR count). The molecule has 3 saturated heterocycles. The van der Waals surface area contributed by atoms with Crippen molar-refractivity contribution in [3.63, 3.8) is 0 Å². The molecule has 3 aliphatic rings. The average Bonchev–Trinajstić information content (AvgIpc) is 3.42. The van der Waals surface area contributed by atoms with Crippen molar-refractivity contribution >= 4 is 33.1 Å². The number of piperidine rings is 1. The molecule has 3 aliphatic heterocycles. The smallest absolute Gasteiger partial charge is 0.128 e. The number of hydrogen-bond acceptors (Lipinski definition) is 7. The second-order valence-electron chi connectivity index (χ2n) is 9.57. The van der Waals surface area contributed by atoms with Gasteiger partial charge in [-0.2, -0.15) is 0 Å². The van der Waals surface area contributed by atoms with Crippen LogP contribution in [0.5, 0.6) is 0 Å². The van der Waals surface area contributed by atoms with Crippen molar-refractivity contribution in [1.82, 2.24) is 15.3 Å². The number of aromatic nitrogens is 2. The molecule has 2 aromatic heterocycles. The van der Waals surface area contributed by atoms with E-state index in [1.165, 1.54) is 10.4 Å². The summed E-state index contributed by atoms with van der Waals surface area (Å²) in [5.74, 6) is 0.846. The Morgan fingerprint density at radius 3 is 2.73 bits per heavy atom. The first-order valence-electron chi connectivity index (χ1n) is 12.0. The van der Waals surface area contributed by atoms with Crippen LogP contribution in [0, 0.1) is 0 Å². The summed E-state index contributed by atoms with van der Waals surface area (Å²) in [5, 5.41) is 4.72. The van der Waals surface area contributed by atoms with Gasteiger partial charge in [-0.1, -0.05) is 0 Å². The lowest BCUT2D eigenvalue weighted by Crippen LogP contribution is -2.55. The Labute approximate surface area is 197 Å². The number of anilines is 2. The highest BCUT2D eigenvalue weighted by molar-refractivity contribution is 7.21. The molecule has 6 nitrogen and oxygen atoms in total. The van der Waals surface area contributed by atoms with Crippen LogP contribution in [0.15, 0.2) is 36.5 Å². The number of hydrogen-bond donors (Lipinski definition) is 1. The Kier molecular flexibility index (Phi) is 5.68. The molecule has 0 radical (unpaired) electrons. The summed E-state index contributed by atoms with van der Waals surface area (Å²) in [5.41, 5.74) is 3.31. The zero-order valence-corrected chi connectivity index (χ0v) is 19.7. The van der Waals surface area contributed by atoms with Gasteiger partial charge in [-0.3, -0.25) is 0 Å². The summed E-state index contributed by atoms with van der Waals surface area (Å²) in [4.78, 5) is 14.0. The zero-order chi connectivity index (χ0) is 22.4. The fourth-order valence-corrected chi connectivity index (χ4v) is 6.20. The molecule has 1 N–H and O–H groups in total. The Hall–Kier alpha value is -2.29. The molecule has 0 amide bonds. The number of alkyl halides is 1. The molecule has 3 atom stereocenters. The highest BCUT2D eigenvalue weighted by Crippen LogP contribution is 2.35. The number of nitrogens with one attached hydrogen (secondary N) is 1. The van der Waals surface area contributed by atoms with Gasteiger partial charge in [0.15, 0.2) is 0 Å². The van der Waals surface area contributed by atoms with Crippen molar-refractivity contribution < 1.29 is 9.13 Å². The van der Waals surface area contributed by atoms with Crippen LogP contribution in [0.3, 0.4) is 0 Å². The van der Waals surface area contributed by atoms with Gasteiger partial charge in [-0.15, -0.1) is 11.3 Å². The van der Waals surface area contributed by atoms with Gasteiger partial charge in [-0.25, -0.2) is 14.4 Å². The first-order valence-corrected chi connectivity index (χ1v) is 12.8. The van der Waals surface area contributed by atoms with E-state index in [-0.39, 0.29) is 0 Å². The second kappa shape index (κ2) is 8.81. The lowest BCUT2D eigenvalue weighted by Gasteiger charge is -2.42. The minimum atomic E-state index is -0.743. The van der Waals surface area contributed by atoms with Crippen LogP contribution in [0.4, 0.5) is 15.9 Å². The molecular formula is C25H30FN5OS. The molecule has 3 fully saturated rings. The normalized spacial score (nSPS) is 26.2. The summed E-state index contributed by atoms with van der Waals surface area (Å²) < 4.78 is 20.0. The van der Waals surface area contributed by atoms with E-state index in [1.54, 1.807) is 11.3 Å². The molecule has 2 unspecified atom stereocenters. The lowest BCUT2D eigenvalue weighted by atomic mass is 9.96. The van der Waals surface area contributed by atoms with Crippen molar-refractivity contribution in [3.8, 4) is 10.6 Å². The number of ether oxygens (including phenoxy) is 1. The first-order chi connectivity index (χ1) is 16.1. The van der Waals surface area contributed by atoms with Crippen LogP contribution < -0.4 is 15.1 Å². The summed E-state index contributed by atoms with van der Waals surface area (Å²) in [6.07, 6.45) is 4.02. The third kappa shape index (κ3) is 4.32. The van der Waals surface area contributed by atoms with Crippen molar-refractivity contribution in [2.24, 2.45) is 0 Å². The number of fused-ring (bicyclic) bond motifs is 1. The molecule has 1 aromatic carbocycles. The number of thiazole rings is 1. The molecule has 0 spiro atoms. The molecule has 33 heavy (non-hydrogen) atoms. The molecule has 0 aliphatic carbocycles. The molecule has 0 bridgehead atoms. The fraction of sp³-hybridized carbons (Fsp3) is 0.520. The largest absolute Gasteiger partial charge is 0.378 e. The van der Waals surface area contributed by atoms with E-state index >= 15 is 0 Å². The summed E-state index contributed by atoms with van der Waals surface area (Å²) in [7, 11) is 0. The van der Waals surface area contributed by atoms with Crippen molar-refractivity contribution in [1.29, 1.82) is 0 Å². The van der Waals surface area contributed by atoms with Crippen LogP contribution in [-0.4, -0.2) is 67.1 Å². The molecular weight excluding hydrogens is 437 g/mol. The second-order valence-corrected chi connectivity index (χ2v) is 10.6. The van der Waals surface area contributed by atoms with Gasteiger partial charge in [0.25, 0.3) is 0 Å². The lowest BCUT2D eigenvalue weighted by molar-refractivity contribution is -0.0117. The average molecular weight is 468 g/mol. The standard InChI is InChI=1S/C25H30FN5OS/c1-16-10-19(28-20-14-32-15-20)7-9-31(16)21-3-4-22-23(11-21)33-25(29-22)17-2-5-24(27-12-17)30-8-6-18(26)13-30/h2-5,11-12,16,18-20,28H,6-10,13-15H2,1H3/t16?,18-,19?/m1/s1. The fourth-order valence-electron chi connectivity index (χ4n) is 5.21. The predicted octanol–water partition coefficient (Wildman–Crippen LogP) is 4.25. The van der Waals surface area contributed by atoms with Crippen molar-refractivity contribution in [2.75, 3.05) is 42.6 Å². The van der Waals surface area contributed by atoms with Gasteiger partial charge < -0.3 is 19.9 Å². The number of rotatable bonds is 5. The minimum absolute atomic E-state index is 0.441. The van der Waals surface area contributed by atoms with Crippen LogP contribution in [0.25, 0.3) is 20.8 Å². The van der Waals surface area contributed by atoms with Gasteiger partial charge in [-0.05, 0) is 56.5 Å². The minimum Gasteiger partial charge on any atom is -0.378 e. The van der Waals surface area contributed by atoms with Gasteiger partial charge in [0.2, 0.25) is 0 Å². The van der Waals surface area contributed by atoms with E-state index in [1.807, 2.05) is 17.2 Å². The third-order valence-electron chi connectivity index (χ3n) is 7.14. The molecule has 5 heterocycles. The van der Waals surface area contributed by atoms with Gasteiger partial charge >= 0.3 is 0 Å². The highest BCUT2D eigenvalue weighted by atomic mass is 32.1. The van der Waals surface area contributed by atoms with E-state index in [0.29, 0.717) is 31.1 Å². The number of halogens is 1.